The van der Waals surface area contributed by atoms with Gasteiger partial charge in [-0.05, 0) is 36.4 Å². The van der Waals surface area contributed by atoms with E-state index in [9.17, 15) is 9.59 Å². The molecule has 7 nitrogen and oxygen atoms in total. The predicted molar refractivity (Wildman–Crippen MR) is 103 cm³/mol. The van der Waals surface area contributed by atoms with Crippen molar-refractivity contribution in [3.63, 3.8) is 0 Å². The topological polar surface area (TPSA) is 93.2 Å². The molecule has 3 aromatic rings. The number of aromatic nitrogens is 2. The van der Waals surface area contributed by atoms with Crippen LogP contribution in [0.3, 0.4) is 0 Å². The first kappa shape index (κ1) is 16.6. The lowest BCUT2D eigenvalue weighted by molar-refractivity contribution is 0.0997. The summed E-state index contributed by atoms with van der Waals surface area (Å²) in [5.41, 5.74) is 7.68. The van der Waals surface area contributed by atoms with Gasteiger partial charge in [0.2, 0.25) is 5.91 Å². The third-order valence-electron chi connectivity index (χ3n) is 4.24. The Morgan fingerprint density at radius 3 is 2.67 bits per heavy atom. The second kappa shape index (κ2) is 6.80. The molecule has 0 unspecified atom stereocenters. The summed E-state index contributed by atoms with van der Waals surface area (Å²) in [6, 6.07) is 16.3. The Morgan fingerprint density at radius 1 is 1.07 bits per heavy atom. The number of anilines is 2. The summed E-state index contributed by atoms with van der Waals surface area (Å²) < 4.78 is 1.87. The number of carbonyl (C=O) groups is 2. The number of carbonyl (C=O) groups excluding carboxylic acids is 2. The summed E-state index contributed by atoms with van der Waals surface area (Å²) in [7, 11) is 0. The van der Waals surface area contributed by atoms with Crippen LogP contribution in [0.15, 0.2) is 67.0 Å². The monoisotopic (exact) mass is 359 g/mol. The number of imidazole rings is 1. The second-order valence-electron chi connectivity index (χ2n) is 6.12. The summed E-state index contributed by atoms with van der Waals surface area (Å²) in [5.74, 6) is -0.0460. The standard InChI is InChI=1S/C20H17N5O2/c21-19(26)14-5-4-8-16(11-14)24-10-9-18-23-17(12-25(18)13-24)20(27)22-15-6-2-1-3-7-15/h1-12H,13H2,(H2,21,26)(H,22,27). The molecule has 4 rings (SSSR count). The van der Waals surface area contributed by atoms with Gasteiger partial charge in [-0.15, -0.1) is 0 Å². The van der Waals surface area contributed by atoms with Crippen molar-refractivity contribution >= 4 is 29.3 Å². The summed E-state index contributed by atoms with van der Waals surface area (Å²) in [5, 5.41) is 2.83. The van der Waals surface area contributed by atoms with Crippen molar-refractivity contribution < 1.29 is 9.59 Å². The average molecular weight is 359 g/mol. The molecular weight excluding hydrogens is 342 g/mol. The van der Waals surface area contributed by atoms with Crippen LogP contribution in [0.5, 0.6) is 0 Å². The minimum absolute atomic E-state index is 0.265. The molecule has 0 bridgehead atoms. The zero-order valence-corrected chi connectivity index (χ0v) is 14.4. The van der Waals surface area contributed by atoms with Crippen LogP contribution in [0.1, 0.15) is 26.7 Å². The van der Waals surface area contributed by atoms with Crippen LogP contribution in [0, 0.1) is 0 Å². The van der Waals surface area contributed by atoms with Gasteiger partial charge < -0.3 is 20.5 Å². The Morgan fingerprint density at radius 2 is 1.89 bits per heavy atom. The number of benzene rings is 2. The molecule has 134 valence electrons. The van der Waals surface area contributed by atoms with Crippen molar-refractivity contribution in [1.29, 1.82) is 0 Å². The van der Waals surface area contributed by atoms with E-state index in [1.807, 2.05) is 58.1 Å². The Labute approximate surface area is 155 Å². The van der Waals surface area contributed by atoms with E-state index in [1.54, 1.807) is 24.4 Å². The number of nitrogens with one attached hydrogen (secondary N) is 1. The molecule has 27 heavy (non-hydrogen) atoms. The van der Waals surface area contributed by atoms with E-state index in [1.165, 1.54) is 0 Å². The van der Waals surface area contributed by atoms with E-state index in [2.05, 4.69) is 10.3 Å². The van der Waals surface area contributed by atoms with Crippen LogP contribution in [0.2, 0.25) is 0 Å². The molecule has 2 aromatic carbocycles. The number of para-hydroxylation sites is 1. The predicted octanol–water partition coefficient (Wildman–Crippen LogP) is 2.68. The highest BCUT2D eigenvalue weighted by Gasteiger charge is 2.18. The van der Waals surface area contributed by atoms with Gasteiger partial charge in [-0.25, -0.2) is 4.98 Å². The van der Waals surface area contributed by atoms with E-state index in [4.69, 9.17) is 5.73 Å². The van der Waals surface area contributed by atoms with Gasteiger partial charge in [-0.2, -0.15) is 0 Å². The van der Waals surface area contributed by atoms with Gasteiger partial charge >= 0.3 is 0 Å². The van der Waals surface area contributed by atoms with Gasteiger partial charge in [-0.3, -0.25) is 9.59 Å². The van der Waals surface area contributed by atoms with Crippen molar-refractivity contribution in [1.82, 2.24) is 9.55 Å². The van der Waals surface area contributed by atoms with Gasteiger partial charge in [-0.1, -0.05) is 24.3 Å². The first-order valence-electron chi connectivity index (χ1n) is 8.38. The number of hydrogen-bond acceptors (Lipinski definition) is 4. The van der Waals surface area contributed by atoms with Gasteiger partial charge in [0, 0.05) is 29.3 Å². The lowest BCUT2D eigenvalue weighted by atomic mass is 10.2. The lowest BCUT2D eigenvalue weighted by Crippen LogP contribution is -2.24. The summed E-state index contributed by atoms with van der Waals surface area (Å²) in [6.45, 7) is 0.472. The van der Waals surface area contributed by atoms with E-state index in [0.29, 0.717) is 29.4 Å². The molecule has 0 radical (unpaired) electrons. The first-order valence-corrected chi connectivity index (χ1v) is 8.38. The molecule has 0 fully saturated rings. The van der Waals surface area contributed by atoms with Crippen molar-refractivity contribution in [2.45, 2.75) is 6.67 Å². The molecule has 0 saturated carbocycles. The van der Waals surface area contributed by atoms with Crippen LogP contribution in [0.25, 0.3) is 6.08 Å². The maximum atomic E-state index is 12.4. The third-order valence-corrected chi connectivity index (χ3v) is 4.24. The highest BCUT2D eigenvalue weighted by atomic mass is 16.2. The number of amides is 2. The SMILES string of the molecule is NC(=O)c1cccc(N2C=Cc3nc(C(=O)Nc4ccccc4)cn3C2)c1. The molecule has 0 atom stereocenters. The smallest absolute Gasteiger partial charge is 0.275 e. The van der Waals surface area contributed by atoms with Gasteiger partial charge in [0.05, 0.1) is 0 Å². The first-order chi connectivity index (χ1) is 13.1. The van der Waals surface area contributed by atoms with Crippen molar-refractivity contribution in [2.75, 3.05) is 10.2 Å². The largest absolute Gasteiger partial charge is 0.366 e. The highest BCUT2D eigenvalue weighted by Crippen LogP contribution is 2.22. The maximum absolute atomic E-state index is 12.4. The molecule has 0 aliphatic carbocycles. The highest BCUT2D eigenvalue weighted by molar-refractivity contribution is 6.03. The molecule has 0 spiro atoms. The molecular formula is C20H17N5O2. The van der Waals surface area contributed by atoms with E-state index in [0.717, 1.165) is 5.69 Å². The Balaban J connectivity index is 1.53. The molecule has 1 aromatic heterocycles. The zero-order valence-electron chi connectivity index (χ0n) is 14.4. The molecule has 0 saturated heterocycles. The normalized spacial score (nSPS) is 12.5. The zero-order chi connectivity index (χ0) is 18.8. The number of hydrogen-bond donors (Lipinski definition) is 2. The van der Waals surface area contributed by atoms with Crippen LogP contribution in [-0.4, -0.2) is 21.4 Å². The summed E-state index contributed by atoms with van der Waals surface area (Å²) in [4.78, 5) is 30.1. The van der Waals surface area contributed by atoms with Crippen molar-refractivity contribution in [3.05, 3.63) is 84.1 Å². The van der Waals surface area contributed by atoms with Crippen LogP contribution < -0.4 is 16.0 Å². The fraction of sp³-hybridized carbons (Fsp3) is 0.0500. The fourth-order valence-corrected chi connectivity index (χ4v) is 2.88. The minimum atomic E-state index is -0.471. The van der Waals surface area contributed by atoms with E-state index >= 15 is 0 Å². The maximum Gasteiger partial charge on any atom is 0.275 e. The summed E-state index contributed by atoms with van der Waals surface area (Å²) in [6.07, 6.45) is 5.39. The molecule has 2 heterocycles. The van der Waals surface area contributed by atoms with Gasteiger partial charge in [0.1, 0.15) is 18.2 Å². The van der Waals surface area contributed by atoms with Gasteiger partial charge in [0.25, 0.3) is 5.91 Å². The molecule has 1 aliphatic heterocycles. The number of nitrogens with two attached hydrogens (primary N) is 1. The Kier molecular flexibility index (Phi) is 4.18. The van der Waals surface area contributed by atoms with Crippen molar-refractivity contribution in [3.8, 4) is 0 Å². The number of primary amides is 1. The number of rotatable bonds is 4. The van der Waals surface area contributed by atoms with Crippen LogP contribution in [-0.2, 0) is 6.67 Å². The molecule has 1 aliphatic rings. The minimum Gasteiger partial charge on any atom is -0.366 e. The Bertz CT molecular complexity index is 1040. The van der Waals surface area contributed by atoms with Crippen LogP contribution in [0.4, 0.5) is 11.4 Å². The molecule has 3 N–H and O–H groups in total. The van der Waals surface area contributed by atoms with Crippen molar-refractivity contribution in [2.24, 2.45) is 5.73 Å². The fourth-order valence-electron chi connectivity index (χ4n) is 2.88. The molecule has 2 amide bonds. The van der Waals surface area contributed by atoms with Gasteiger partial charge in [0.15, 0.2) is 0 Å². The Hall–Kier alpha value is -3.87. The third kappa shape index (κ3) is 3.43. The average Bonchev–Trinajstić information content (AvgIpc) is 3.12. The lowest BCUT2D eigenvalue weighted by Gasteiger charge is -2.25. The number of fused-ring (bicyclic) bond motifs is 1. The summed E-state index contributed by atoms with van der Waals surface area (Å²) >= 11 is 0. The van der Waals surface area contributed by atoms with E-state index < -0.39 is 5.91 Å². The second-order valence-corrected chi connectivity index (χ2v) is 6.12. The van der Waals surface area contributed by atoms with Crippen LogP contribution >= 0.6 is 0 Å². The van der Waals surface area contributed by atoms with E-state index in [-0.39, 0.29) is 5.91 Å². The number of nitrogens with zero attached hydrogens (tertiary/aromatic N) is 3. The quantitative estimate of drug-likeness (QED) is 0.749. The molecule has 7 heteroatoms.